The maximum atomic E-state index is 12.0. The lowest BCUT2D eigenvalue weighted by Gasteiger charge is -2.33. The zero-order chi connectivity index (χ0) is 16.7. The van der Waals surface area contributed by atoms with Crippen LogP contribution in [-0.4, -0.2) is 53.9 Å². The van der Waals surface area contributed by atoms with Crippen molar-refractivity contribution < 1.29 is 14.3 Å². The second-order valence-corrected chi connectivity index (χ2v) is 6.93. The number of aromatic nitrogens is 1. The summed E-state index contributed by atoms with van der Waals surface area (Å²) in [6, 6.07) is 2.06. The highest BCUT2D eigenvalue weighted by atomic mass is 16.6. The second-order valence-electron chi connectivity index (χ2n) is 6.93. The Morgan fingerprint density at radius 2 is 2.13 bits per heavy atom. The number of nitrogens with one attached hydrogen (secondary N) is 2. The Kier molecular flexibility index (Phi) is 6.47. The third-order valence-corrected chi connectivity index (χ3v) is 3.72. The second kappa shape index (κ2) is 8.36. The lowest BCUT2D eigenvalue weighted by Crippen LogP contribution is -2.43. The molecule has 0 saturated carbocycles. The van der Waals surface area contributed by atoms with Crippen molar-refractivity contribution in [3.8, 4) is 0 Å². The average Bonchev–Trinajstić information content (AvgIpc) is 2.99. The van der Waals surface area contributed by atoms with E-state index in [9.17, 15) is 4.79 Å². The van der Waals surface area contributed by atoms with Gasteiger partial charge in [0.1, 0.15) is 5.60 Å². The van der Waals surface area contributed by atoms with E-state index in [0.717, 1.165) is 25.9 Å². The van der Waals surface area contributed by atoms with E-state index in [1.165, 1.54) is 5.56 Å². The molecule has 1 aliphatic rings. The molecule has 23 heavy (non-hydrogen) atoms. The summed E-state index contributed by atoms with van der Waals surface area (Å²) in [5.41, 5.74) is 0.811. The van der Waals surface area contributed by atoms with Gasteiger partial charge in [0.05, 0.1) is 12.7 Å². The molecule has 6 heteroatoms. The fraction of sp³-hybridized carbons (Fsp3) is 0.706. The number of amides is 1. The van der Waals surface area contributed by atoms with Gasteiger partial charge in [-0.2, -0.15) is 0 Å². The SMILES string of the molecule is CC(C)(C)OC(=O)N1CCC(OCCNCc2cc[nH]c2)CC1. The molecule has 0 radical (unpaired) electrons. The zero-order valence-electron chi connectivity index (χ0n) is 14.4. The van der Waals surface area contributed by atoms with Crippen LogP contribution in [0.25, 0.3) is 0 Å². The summed E-state index contributed by atoms with van der Waals surface area (Å²) >= 11 is 0. The van der Waals surface area contributed by atoms with Gasteiger partial charge in [-0.05, 0) is 45.2 Å². The van der Waals surface area contributed by atoms with Gasteiger partial charge in [-0.1, -0.05) is 0 Å². The Bertz CT molecular complexity index is 460. The molecule has 1 saturated heterocycles. The van der Waals surface area contributed by atoms with Crippen LogP contribution in [0.5, 0.6) is 0 Å². The topological polar surface area (TPSA) is 66.6 Å². The highest BCUT2D eigenvalue weighted by molar-refractivity contribution is 5.68. The van der Waals surface area contributed by atoms with E-state index in [1.807, 2.05) is 33.2 Å². The number of aromatic amines is 1. The average molecular weight is 323 g/mol. The molecule has 0 atom stereocenters. The lowest BCUT2D eigenvalue weighted by atomic mass is 10.1. The first-order valence-electron chi connectivity index (χ1n) is 8.36. The fourth-order valence-electron chi connectivity index (χ4n) is 2.53. The van der Waals surface area contributed by atoms with E-state index in [0.29, 0.717) is 19.7 Å². The van der Waals surface area contributed by atoms with Crippen LogP contribution in [0.4, 0.5) is 4.79 Å². The van der Waals surface area contributed by atoms with Gasteiger partial charge in [0.25, 0.3) is 0 Å². The normalized spacial score (nSPS) is 16.6. The van der Waals surface area contributed by atoms with Crippen molar-refractivity contribution in [1.29, 1.82) is 0 Å². The number of nitrogens with zero attached hydrogens (tertiary/aromatic N) is 1. The van der Waals surface area contributed by atoms with E-state index in [2.05, 4.69) is 16.4 Å². The summed E-state index contributed by atoms with van der Waals surface area (Å²) in [5, 5.41) is 3.35. The predicted octanol–water partition coefficient (Wildman–Crippen LogP) is 2.52. The maximum Gasteiger partial charge on any atom is 0.410 e. The summed E-state index contributed by atoms with van der Waals surface area (Å²) in [7, 11) is 0. The van der Waals surface area contributed by atoms with E-state index >= 15 is 0 Å². The first kappa shape index (κ1) is 17.8. The van der Waals surface area contributed by atoms with Crippen LogP contribution >= 0.6 is 0 Å². The summed E-state index contributed by atoms with van der Waals surface area (Å²) in [4.78, 5) is 16.8. The molecule has 2 N–H and O–H groups in total. The number of H-pyrrole nitrogens is 1. The van der Waals surface area contributed by atoms with Crippen molar-refractivity contribution in [3.63, 3.8) is 0 Å². The van der Waals surface area contributed by atoms with Crippen molar-refractivity contribution in [1.82, 2.24) is 15.2 Å². The molecular formula is C17H29N3O3. The molecule has 1 aromatic heterocycles. The van der Waals surface area contributed by atoms with Crippen molar-refractivity contribution >= 4 is 6.09 Å². The first-order valence-corrected chi connectivity index (χ1v) is 8.36. The van der Waals surface area contributed by atoms with Gasteiger partial charge in [-0.25, -0.2) is 4.79 Å². The number of ether oxygens (including phenoxy) is 2. The number of piperidine rings is 1. The van der Waals surface area contributed by atoms with Gasteiger partial charge >= 0.3 is 6.09 Å². The summed E-state index contributed by atoms with van der Waals surface area (Å²) in [6.07, 6.45) is 5.67. The molecule has 130 valence electrons. The van der Waals surface area contributed by atoms with E-state index < -0.39 is 5.60 Å². The summed E-state index contributed by atoms with van der Waals surface area (Å²) in [6.45, 7) is 9.46. The molecular weight excluding hydrogens is 294 g/mol. The number of likely N-dealkylation sites (tertiary alicyclic amines) is 1. The van der Waals surface area contributed by atoms with E-state index in [1.54, 1.807) is 4.90 Å². The Morgan fingerprint density at radius 1 is 1.39 bits per heavy atom. The molecule has 6 nitrogen and oxygen atoms in total. The standard InChI is InChI=1S/C17H29N3O3/c1-17(2,3)23-16(21)20-9-5-15(6-10-20)22-11-8-19-13-14-4-7-18-12-14/h4,7,12,15,18-19H,5-6,8-11,13H2,1-3H3. The minimum absolute atomic E-state index is 0.218. The fourth-order valence-corrected chi connectivity index (χ4v) is 2.53. The van der Waals surface area contributed by atoms with Gasteiger partial charge in [-0.3, -0.25) is 0 Å². The van der Waals surface area contributed by atoms with E-state index in [-0.39, 0.29) is 12.2 Å². The molecule has 0 bridgehead atoms. The van der Waals surface area contributed by atoms with Gasteiger partial charge in [-0.15, -0.1) is 0 Å². The van der Waals surface area contributed by atoms with Crippen LogP contribution in [0.3, 0.4) is 0 Å². The molecule has 0 spiro atoms. The molecule has 0 aromatic carbocycles. The number of carbonyl (C=O) groups is 1. The molecule has 0 unspecified atom stereocenters. The molecule has 0 aliphatic carbocycles. The van der Waals surface area contributed by atoms with Crippen LogP contribution in [-0.2, 0) is 16.0 Å². The van der Waals surface area contributed by atoms with Gasteiger partial charge in [0.15, 0.2) is 0 Å². The Hall–Kier alpha value is -1.53. The molecule has 2 heterocycles. The lowest BCUT2D eigenvalue weighted by molar-refractivity contribution is -0.0104. The maximum absolute atomic E-state index is 12.0. The van der Waals surface area contributed by atoms with Crippen molar-refractivity contribution in [2.75, 3.05) is 26.2 Å². The Morgan fingerprint density at radius 3 is 2.74 bits per heavy atom. The minimum atomic E-state index is -0.435. The third-order valence-electron chi connectivity index (χ3n) is 3.72. The van der Waals surface area contributed by atoms with Crippen LogP contribution in [0.1, 0.15) is 39.2 Å². The molecule has 1 amide bonds. The van der Waals surface area contributed by atoms with Crippen molar-refractivity contribution in [3.05, 3.63) is 24.0 Å². The van der Waals surface area contributed by atoms with Crippen LogP contribution in [0, 0.1) is 0 Å². The highest BCUT2D eigenvalue weighted by Gasteiger charge is 2.26. The molecule has 2 rings (SSSR count). The van der Waals surface area contributed by atoms with Crippen molar-refractivity contribution in [2.24, 2.45) is 0 Å². The van der Waals surface area contributed by atoms with Crippen LogP contribution in [0.2, 0.25) is 0 Å². The number of carbonyl (C=O) groups excluding carboxylic acids is 1. The summed E-state index contributed by atoms with van der Waals surface area (Å²) in [5.74, 6) is 0. The van der Waals surface area contributed by atoms with Crippen LogP contribution in [0.15, 0.2) is 18.5 Å². The quantitative estimate of drug-likeness (QED) is 0.790. The van der Waals surface area contributed by atoms with Gasteiger partial charge < -0.3 is 24.7 Å². The summed E-state index contributed by atoms with van der Waals surface area (Å²) < 4.78 is 11.3. The zero-order valence-corrected chi connectivity index (χ0v) is 14.4. The monoisotopic (exact) mass is 323 g/mol. The number of rotatable bonds is 6. The Labute approximate surface area is 138 Å². The molecule has 1 aliphatic heterocycles. The number of hydrogen-bond donors (Lipinski definition) is 2. The molecule has 1 fully saturated rings. The highest BCUT2D eigenvalue weighted by Crippen LogP contribution is 2.17. The Balaban J connectivity index is 1.55. The van der Waals surface area contributed by atoms with Crippen molar-refractivity contribution in [2.45, 2.75) is 51.9 Å². The van der Waals surface area contributed by atoms with Gasteiger partial charge in [0.2, 0.25) is 0 Å². The minimum Gasteiger partial charge on any atom is -0.444 e. The smallest absolute Gasteiger partial charge is 0.410 e. The van der Waals surface area contributed by atoms with E-state index in [4.69, 9.17) is 9.47 Å². The largest absolute Gasteiger partial charge is 0.444 e. The molecule has 1 aromatic rings. The predicted molar refractivity (Wildman–Crippen MR) is 89.3 cm³/mol. The third kappa shape index (κ3) is 6.62. The van der Waals surface area contributed by atoms with Gasteiger partial charge in [0, 0.05) is 38.6 Å². The number of hydrogen-bond acceptors (Lipinski definition) is 4. The first-order chi connectivity index (χ1) is 10.9. The van der Waals surface area contributed by atoms with Crippen LogP contribution < -0.4 is 5.32 Å².